The zero-order valence-corrected chi connectivity index (χ0v) is 13.8. The zero-order chi connectivity index (χ0) is 14.7. The van der Waals surface area contributed by atoms with Crippen molar-refractivity contribution in [3.63, 3.8) is 0 Å². The van der Waals surface area contributed by atoms with Crippen LogP contribution in [0.1, 0.15) is 24.2 Å². The third-order valence-electron chi connectivity index (χ3n) is 3.17. The lowest BCUT2D eigenvalue weighted by atomic mass is 10.1. The van der Waals surface area contributed by atoms with E-state index in [1.165, 1.54) is 5.56 Å². The van der Waals surface area contributed by atoms with Gasteiger partial charge in [0.1, 0.15) is 0 Å². The van der Waals surface area contributed by atoms with Crippen molar-refractivity contribution in [1.29, 1.82) is 0 Å². The molecule has 2 aromatic carbocycles. The van der Waals surface area contributed by atoms with E-state index in [0.29, 0.717) is 5.02 Å². The summed E-state index contributed by atoms with van der Waals surface area (Å²) >= 11 is 9.78. The van der Waals surface area contributed by atoms with Crippen molar-refractivity contribution in [3.8, 4) is 0 Å². The number of rotatable bonds is 4. The molecule has 0 heterocycles. The van der Waals surface area contributed by atoms with E-state index in [1.54, 1.807) is 6.92 Å². The molecule has 0 unspecified atom stereocenters. The smallest absolute Gasteiger partial charge is 0.0762 e. The van der Waals surface area contributed by atoms with Crippen LogP contribution in [-0.2, 0) is 6.54 Å². The molecule has 0 radical (unpaired) electrons. The van der Waals surface area contributed by atoms with Gasteiger partial charge in [0.15, 0.2) is 0 Å². The third kappa shape index (κ3) is 3.75. The van der Waals surface area contributed by atoms with Crippen molar-refractivity contribution in [2.45, 2.75) is 19.6 Å². The third-order valence-corrected chi connectivity index (χ3v) is 3.97. The summed E-state index contributed by atoms with van der Waals surface area (Å²) in [5.74, 6) is 0. The molecule has 0 bridgehead atoms. The molecule has 4 heteroatoms. The van der Waals surface area contributed by atoms with Gasteiger partial charge in [0, 0.05) is 18.1 Å². The molecule has 2 rings (SSSR count). The van der Waals surface area contributed by atoms with Crippen LogP contribution in [-0.4, -0.2) is 12.2 Å². The molecular formula is C16H17BrClNO. The minimum Gasteiger partial charge on any atom is -0.389 e. The largest absolute Gasteiger partial charge is 0.389 e. The molecule has 0 aliphatic carbocycles. The van der Waals surface area contributed by atoms with E-state index in [1.807, 2.05) is 37.4 Å². The molecule has 0 aromatic heterocycles. The van der Waals surface area contributed by atoms with Crippen LogP contribution < -0.4 is 4.90 Å². The number of benzene rings is 2. The Morgan fingerprint density at radius 2 is 2.00 bits per heavy atom. The molecule has 106 valence electrons. The van der Waals surface area contributed by atoms with Crippen LogP contribution in [0, 0.1) is 0 Å². The molecule has 0 aliphatic heterocycles. The molecule has 0 amide bonds. The zero-order valence-electron chi connectivity index (χ0n) is 11.5. The van der Waals surface area contributed by atoms with Gasteiger partial charge >= 0.3 is 0 Å². The van der Waals surface area contributed by atoms with Gasteiger partial charge in [-0.05, 0) is 42.3 Å². The maximum atomic E-state index is 9.57. The van der Waals surface area contributed by atoms with Crippen molar-refractivity contribution in [1.82, 2.24) is 0 Å². The van der Waals surface area contributed by atoms with Crippen molar-refractivity contribution in [2.75, 3.05) is 11.9 Å². The van der Waals surface area contributed by atoms with E-state index >= 15 is 0 Å². The van der Waals surface area contributed by atoms with Crippen molar-refractivity contribution < 1.29 is 5.11 Å². The second-order valence-corrected chi connectivity index (χ2v) is 6.20. The molecule has 0 aliphatic rings. The quantitative estimate of drug-likeness (QED) is 0.853. The Balaban J connectivity index is 2.19. The van der Waals surface area contributed by atoms with E-state index < -0.39 is 6.10 Å². The average molecular weight is 355 g/mol. The van der Waals surface area contributed by atoms with Gasteiger partial charge in [0.05, 0.1) is 16.8 Å². The van der Waals surface area contributed by atoms with E-state index in [0.717, 1.165) is 22.3 Å². The number of aliphatic hydroxyl groups is 1. The molecular weight excluding hydrogens is 338 g/mol. The topological polar surface area (TPSA) is 23.5 Å². The molecule has 20 heavy (non-hydrogen) atoms. The SMILES string of the molecule is C[C@H](O)c1ccc(N(C)Cc2cccc(Br)c2)c(Cl)c1. The molecule has 0 saturated carbocycles. The van der Waals surface area contributed by atoms with Crippen molar-refractivity contribution in [2.24, 2.45) is 0 Å². The van der Waals surface area contributed by atoms with Gasteiger partial charge in [-0.25, -0.2) is 0 Å². The normalized spacial score (nSPS) is 12.2. The lowest BCUT2D eigenvalue weighted by Crippen LogP contribution is -2.16. The maximum Gasteiger partial charge on any atom is 0.0762 e. The van der Waals surface area contributed by atoms with Crippen LogP contribution in [0.2, 0.25) is 5.02 Å². The highest BCUT2D eigenvalue weighted by Crippen LogP contribution is 2.29. The molecule has 2 nitrogen and oxygen atoms in total. The monoisotopic (exact) mass is 353 g/mol. The second kappa shape index (κ2) is 6.61. The maximum absolute atomic E-state index is 9.57. The second-order valence-electron chi connectivity index (χ2n) is 4.87. The van der Waals surface area contributed by atoms with Gasteiger partial charge in [0.2, 0.25) is 0 Å². The van der Waals surface area contributed by atoms with Crippen LogP contribution in [0.25, 0.3) is 0 Å². The summed E-state index contributed by atoms with van der Waals surface area (Å²) in [4.78, 5) is 2.09. The van der Waals surface area contributed by atoms with E-state index in [9.17, 15) is 5.11 Å². The number of anilines is 1. The highest BCUT2D eigenvalue weighted by molar-refractivity contribution is 9.10. The minimum atomic E-state index is -0.503. The van der Waals surface area contributed by atoms with Crippen molar-refractivity contribution in [3.05, 3.63) is 63.1 Å². The Bertz CT molecular complexity index is 601. The Hall–Kier alpha value is -1.03. The van der Waals surface area contributed by atoms with Gasteiger partial charge in [-0.3, -0.25) is 0 Å². The predicted molar refractivity (Wildman–Crippen MR) is 88.3 cm³/mol. The summed E-state index contributed by atoms with van der Waals surface area (Å²) in [6.45, 7) is 2.50. The molecule has 1 N–H and O–H groups in total. The number of halogens is 2. The first-order valence-corrected chi connectivity index (χ1v) is 7.57. The highest BCUT2D eigenvalue weighted by atomic mass is 79.9. The van der Waals surface area contributed by atoms with Crippen LogP contribution in [0.3, 0.4) is 0 Å². The first-order valence-electron chi connectivity index (χ1n) is 6.40. The molecule has 2 aromatic rings. The number of hydrogen-bond acceptors (Lipinski definition) is 2. The highest BCUT2D eigenvalue weighted by Gasteiger charge is 2.10. The summed E-state index contributed by atoms with van der Waals surface area (Å²) < 4.78 is 1.07. The van der Waals surface area contributed by atoms with Crippen LogP contribution in [0.15, 0.2) is 46.9 Å². The summed E-state index contributed by atoms with van der Waals surface area (Å²) in [7, 11) is 2.00. The van der Waals surface area contributed by atoms with Gasteiger partial charge in [-0.1, -0.05) is 45.7 Å². The summed E-state index contributed by atoms with van der Waals surface area (Å²) in [5, 5.41) is 10.2. The summed E-state index contributed by atoms with van der Waals surface area (Å²) in [6, 6.07) is 13.9. The fraction of sp³-hybridized carbons (Fsp3) is 0.250. The first kappa shape index (κ1) is 15.4. The number of aliphatic hydroxyl groups excluding tert-OH is 1. The molecule has 0 spiro atoms. The van der Waals surface area contributed by atoms with E-state index in [4.69, 9.17) is 11.6 Å². The van der Waals surface area contributed by atoms with Gasteiger partial charge in [-0.2, -0.15) is 0 Å². The average Bonchev–Trinajstić information content (AvgIpc) is 2.38. The predicted octanol–water partition coefficient (Wildman–Crippen LogP) is 4.79. The van der Waals surface area contributed by atoms with Crippen molar-refractivity contribution >= 4 is 33.2 Å². The Morgan fingerprint density at radius 3 is 2.60 bits per heavy atom. The van der Waals surface area contributed by atoms with Gasteiger partial charge in [-0.15, -0.1) is 0 Å². The Kier molecular flexibility index (Phi) is 5.08. The standard InChI is InChI=1S/C16H17BrClNO/c1-11(20)13-6-7-16(15(18)9-13)19(2)10-12-4-3-5-14(17)8-12/h3-9,11,20H,10H2,1-2H3/t11-/m0/s1. The fourth-order valence-corrected chi connectivity index (χ4v) is 2.87. The fourth-order valence-electron chi connectivity index (χ4n) is 2.09. The van der Waals surface area contributed by atoms with E-state index in [-0.39, 0.29) is 0 Å². The van der Waals surface area contributed by atoms with Crippen LogP contribution in [0.5, 0.6) is 0 Å². The minimum absolute atomic E-state index is 0.503. The first-order chi connectivity index (χ1) is 9.47. The Morgan fingerprint density at radius 1 is 1.25 bits per heavy atom. The molecule has 0 saturated heterocycles. The Labute approximate surface area is 133 Å². The molecule has 1 atom stereocenters. The number of nitrogens with zero attached hydrogens (tertiary/aromatic N) is 1. The van der Waals surface area contributed by atoms with Gasteiger partial charge in [0.25, 0.3) is 0 Å². The van der Waals surface area contributed by atoms with Crippen LogP contribution >= 0.6 is 27.5 Å². The van der Waals surface area contributed by atoms with E-state index in [2.05, 4.69) is 33.0 Å². The lowest BCUT2D eigenvalue weighted by molar-refractivity contribution is 0.199. The van der Waals surface area contributed by atoms with Crippen LogP contribution in [0.4, 0.5) is 5.69 Å². The summed E-state index contributed by atoms with van der Waals surface area (Å²) in [6.07, 6.45) is -0.503. The number of hydrogen-bond donors (Lipinski definition) is 1. The summed E-state index contributed by atoms with van der Waals surface area (Å²) in [5.41, 5.74) is 2.99. The lowest BCUT2D eigenvalue weighted by Gasteiger charge is -2.21. The molecule has 0 fully saturated rings. The van der Waals surface area contributed by atoms with Gasteiger partial charge < -0.3 is 10.0 Å².